The molecule has 0 radical (unpaired) electrons. The van der Waals surface area contributed by atoms with Gasteiger partial charge in [-0.25, -0.2) is 4.98 Å². The molecule has 4 heterocycles. The van der Waals surface area contributed by atoms with Crippen molar-refractivity contribution in [3.8, 4) is 22.6 Å². The number of thiophene rings is 1. The van der Waals surface area contributed by atoms with E-state index >= 15 is 0 Å². The van der Waals surface area contributed by atoms with E-state index in [-0.39, 0.29) is 0 Å². The van der Waals surface area contributed by atoms with Gasteiger partial charge in [-0.2, -0.15) is 0 Å². The third-order valence-corrected chi connectivity index (χ3v) is 8.60. The summed E-state index contributed by atoms with van der Waals surface area (Å²) in [5.74, 6) is 2.85. The predicted molar refractivity (Wildman–Crippen MR) is 125 cm³/mol. The summed E-state index contributed by atoms with van der Waals surface area (Å²) in [6.07, 6.45) is 7.73. The van der Waals surface area contributed by atoms with Gasteiger partial charge in [0, 0.05) is 36.5 Å². The van der Waals surface area contributed by atoms with Crippen LogP contribution in [0.5, 0.6) is 0 Å². The second-order valence-electron chi connectivity index (χ2n) is 7.90. The first-order valence-corrected chi connectivity index (χ1v) is 12.6. The Bertz CT molecular complexity index is 1230. The van der Waals surface area contributed by atoms with E-state index in [4.69, 9.17) is 10.7 Å². The van der Waals surface area contributed by atoms with Gasteiger partial charge < -0.3 is 14.9 Å². The summed E-state index contributed by atoms with van der Waals surface area (Å²) in [6.45, 7) is 2.09. The van der Waals surface area contributed by atoms with E-state index in [0.29, 0.717) is 21.6 Å². The molecule has 0 amide bonds. The number of rotatable bonds is 7. The number of aromatic nitrogens is 5. The molecule has 1 aliphatic rings. The third kappa shape index (κ3) is 3.71. The highest BCUT2D eigenvalue weighted by Gasteiger charge is 2.31. The van der Waals surface area contributed by atoms with E-state index in [9.17, 15) is 4.55 Å². The maximum Gasteiger partial charge on any atom is 0.232 e. The monoisotopic (exact) mass is 452 g/mol. The number of hydrogen-bond acceptors (Lipinski definition) is 7. The van der Waals surface area contributed by atoms with E-state index in [2.05, 4.69) is 26.7 Å². The van der Waals surface area contributed by atoms with Crippen molar-refractivity contribution in [2.45, 2.75) is 42.7 Å². The lowest BCUT2D eigenvalue weighted by Gasteiger charge is -2.09. The van der Waals surface area contributed by atoms with Crippen LogP contribution in [0.25, 0.3) is 32.9 Å². The number of hydrogen-bond donors (Lipinski definition) is 1. The number of fused-ring (bicyclic) bond motifs is 1. The van der Waals surface area contributed by atoms with Crippen LogP contribution in [0.15, 0.2) is 34.8 Å². The third-order valence-electron chi connectivity index (χ3n) is 5.60. The Morgan fingerprint density at radius 2 is 2.16 bits per heavy atom. The van der Waals surface area contributed by atoms with Crippen molar-refractivity contribution in [1.29, 1.82) is 0 Å². The Balaban J connectivity index is 1.72. The zero-order chi connectivity index (χ0) is 21.5. The molecule has 5 rings (SSSR count). The Morgan fingerprint density at radius 1 is 1.32 bits per heavy atom. The Morgan fingerprint density at radius 3 is 2.87 bits per heavy atom. The highest BCUT2D eigenvalue weighted by atomic mass is 32.2. The van der Waals surface area contributed by atoms with Crippen LogP contribution in [-0.2, 0) is 18.2 Å². The average Bonchev–Trinajstić information content (AvgIpc) is 3.48. The molecule has 1 fully saturated rings. The number of nitrogens with zero attached hydrogens (tertiary/aromatic N) is 5. The van der Waals surface area contributed by atoms with E-state index in [1.165, 1.54) is 11.3 Å². The van der Waals surface area contributed by atoms with E-state index in [1.54, 1.807) is 12.4 Å². The molecule has 1 atom stereocenters. The first kappa shape index (κ1) is 20.4. The summed E-state index contributed by atoms with van der Waals surface area (Å²) in [4.78, 5) is 9.87. The summed E-state index contributed by atoms with van der Waals surface area (Å²) < 4.78 is 15.7. The van der Waals surface area contributed by atoms with Crippen LogP contribution >= 0.6 is 11.3 Å². The minimum absolute atomic E-state index is 0.485. The fraction of sp³-hybridized carbons (Fsp3) is 0.364. The molecule has 1 saturated carbocycles. The van der Waals surface area contributed by atoms with Gasteiger partial charge in [-0.15, -0.1) is 10.2 Å². The lowest BCUT2D eigenvalue weighted by Crippen LogP contribution is -2.07. The van der Waals surface area contributed by atoms with Crippen molar-refractivity contribution in [3.63, 3.8) is 0 Å². The highest BCUT2D eigenvalue weighted by Crippen LogP contribution is 2.44. The molecule has 4 aromatic rings. The normalized spacial score (nSPS) is 14.9. The van der Waals surface area contributed by atoms with Crippen molar-refractivity contribution in [3.05, 3.63) is 36.4 Å². The fourth-order valence-electron chi connectivity index (χ4n) is 3.75. The Kier molecular flexibility index (Phi) is 5.41. The molecule has 0 spiro atoms. The standard InChI is InChI=1S/C22H24N6OS2/c1-3-4-10-31(29)22-18(23)17-15(20-27-26-19(28(20)2)13-7-8-13)11-16(25-21(17)30-22)14-6-5-9-24-12-14/h5-6,9,11-13H,3-4,7-8,10,23H2,1-2H3. The summed E-state index contributed by atoms with van der Waals surface area (Å²) >= 11 is 0.275. The smallest absolute Gasteiger partial charge is 0.232 e. The predicted octanol–water partition coefficient (Wildman–Crippen LogP) is 4.52. The molecule has 1 unspecified atom stereocenters. The largest absolute Gasteiger partial charge is 0.611 e. The van der Waals surface area contributed by atoms with Gasteiger partial charge in [0.25, 0.3) is 0 Å². The fourth-order valence-corrected chi connectivity index (χ4v) is 6.55. The molecule has 2 N–H and O–H groups in total. The van der Waals surface area contributed by atoms with Crippen LogP contribution in [0, 0.1) is 0 Å². The van der Waals surface area contributed by atoms with Crippen LogP contribution < -0.4 is 5.73 Å². The number of nitrogen functional groups attached to an aromatic ring is 1. The zero-order valence-electron chi connectivity index (χ0n) is 17.5. The maximum atomic E-state index is 12.9. The van der Waals surface area contributed by atoms with Crippen molar-refractivity contribution in [2.75, 3.05) is 11.5 Å². The zero-order valence-corrected chi connectivity index (χ0v) is 19.2. The molecule has 0 aromatic carbocycles. The van der Waals surface area contributed by atoms with E-state index < -0.39 is 11.2 Å². The lowest BCUT2D eigenvalue weighted by atomic mass is 10.1. The molecule has 9 heteroatoms. The second-order valence-corrected chi connectivity index (χ2v) is 10.7. The molecule has 0 bridgehead atoms. The van der Waals surface area contributed by atoms with Crippen molar-refractivity contribution in [2.24, 2.45) is 7.05 Å². The minimum atomic E-state index is -1.14. The van der Waals surface area contributed by atoms with Gasteiger partial charge in [0.2, 0.25) is 4.21 Å². The van der Waals surface area contributed by atoms with Crippen LogP contribution in [0.2, 0.25) is 0 Å². The molecule has 1 aliphatic carbocycles. The van der Waals surface area contributed by atoms with Gasteiger partial charge in [-0.1, -0.05) is 24.7 Å². The number of nitrogens with two attached hydrogens (primary N) is 1. The summed E-state index contributed by atoms with van der Waals surface area (Å²) in [7, 11) is 2.00. The molecule has 31 heavy (non-hydrogen) atoms. The lowest BCUT2D eigenvalue weighted by molar-refractivity contribution is 0.594. The molecular formula is C22H24N6OS2. The molecule has 160 valence electrons. The molecule has 4 aromatic heterocycles. The van der Waals surface area contributed by atoms with E-state index in [1.807, 2.05) is 25.2 Å². The Labute approximate surface area is 187 Å². The summed E-state index contributed by atoms with van der Waals surface area (Å²) in [5, 5.41) is 9.79. The van der Waals surface area contributed by atoms with Gasteiger partial charge in [0.1, 0.15) is 22.1 Å². The van der Waals surface area contributed by atoms with Gasteiger partial charge in [0.05, 0.1) is 11.1 Å². The van der Waals surface area contributed by atoms with Crippen LogP contribution in [0.4, 0.5) is 5.69 Å². The minimum Gasteiger partial charge on any atom is -0.611 e. The highest BCUT2D eigenvalue weighted by molar-refractivity contribution is 7.93. The SMILES string of the molecule is CCCC[S+]([O-])c1sc2nc(-c3cccnc3)cc(-c3nnc(C4CC4)n3C)c2c1N. The summed E-state index contributed by atoms with van der Waals surface area (Å²) in [5.41, 5.74) is 9.70. The topological polar surface area (TPSA) is 106 Å². The molecule has 7 nitrogen and oxygen atoms in total. The molecular weight excluding hydrogens is 428 g/mol. The van der Waals surface area contributed by atoms with Crippen LogP contribution in [0.1, 0.15) is 44.3 Å². The van der Waals surface area contributed by atoms with Crippen molar-refractivity contribution >= 4 is 38.4 Å². The van der Waals surface area contributed by atoms with Gasteiger partial charge in [0.15, 0.2) is 5.82 Å². The number of anilines is 1. The van der Waals surface area contributed by atoms with E-state index in [0.717, 1.165) is 64.4 Å². The average molecular weight is 453 g/mol. The maximum absolute atomic E-state index is 12.9. The van der Waals surface area contributed by atoms with Gasteiger partial charge >= 0.3 is 0 Å². The Hall–Kier alpha value is -2.49. The number of unbranched alkanes of at least 4 members (excludes halogenated alkanes) is 1. The van der Waals surface area contributed by atoms with Gasteiger partial charge in [-0.3, -0.25) is 4.98 Å². The first-order valence-electron chi connectivity index (χ1n) is 10.5. The number of pyridine rings is 2. The quantitative estimate of drug-likeness (QED) is 0.413. The van der Waals surface area contributed by atoms with Crippen molar-refractivity contribution in [1.82, 2.24) is 24.7 Å². The van der Waals surface area contributed by atoms with Gasteiger partial charge in [-0.05, 0) is 48.6 Å². The van der Waals surface area contributed by atoms with Crippen molar-refractivity contribution < 1.29 is 4.55 Å². The van der Waals surface area contributed by atoms with Crippen LogP contribution in [-0.4, -0.2) is 35.0 Å². The molecule has 0 aliphatic heterocycles. The molecule has 0 saturated heterocycles. The second kappa shape index (κ2) is 8.22. The summed E-state index contributed by atoms with van der Waals surface area (Å²) in [6, 6.07) is 5.87. The first-order chi connectivity index (χ1) is 15.1. The van der Waals surface area contributed by atoms with Crippen LogP contribution in [0.3, 0.4) is 0 Å².